The predicted octanol–water partition coefficient (Wildman–Crippen LogP) is 3.08. The second-order valence-electron chi connectivity index (χ2n) is 4.73. The summed E-state index contributed by atoms with van der Waals surface area (Å²) in [5, 5.41) is 2.68. The maximum absolute atomic E-state index is 12.0. The van der Waals surface area contributed by atoms with Crippen molar-refractivity contribution in [1.29, 1.82) is 0 Å². The summed E-state index contributed by atoms with van der Waals surface area (Å²) in [6.07, 6.45) is -0.896. The van der Waals surface area contributed by atoms with Crippen LogP contribution in [0.15, 0.2) is 40.8 Å². The average molecular weight is 287 g/mol. The number of esters is 1. The Kier molecular flexibility index (Phi) is 4.42. The van der Waals surface area contributed by atoms with Gasteiger partial charge in [-0.15, -0.1) is 0 Å². The molecule has 5 nitrogen and oxygen atoms in total. The van der Waals surface area contributed by atoms with Crippen molar-refractivity contribution in [1.82, 2.24) is 0 Å². The molecule has 0 aliphatic heterocycles. The molecule has 110 valence electrons. The molecule has 1 unspecified atom stereocenters. The molecule has 0 radical (unpaired) electrons. The number of ether oxygens (including phenoxy) is 1. The number of anilines is 1. The van der Waals surface area contributed by atoms with Crippen LogP contribution in [-0.2, 0) is 9.53 Å². The molecule has 0 spiro atoms. The second kappa shape index (κ2) is 6.26. The van der Waals surface area contributed by atoms with Crippen molar-refractivity contribution in [2.24, 2.45) is 0 Å². The predicted molar refractivity (Wildman–Crippen MR) is 78.1 cm³/mol. The van der Waals surface area contributed by atoms with Gasteiger partial charge in [0.15, 0.2) is 6.10 Å². The number of carbonyl (C=O) groups excluding carboxylic acids is 2. The lowest BCUT2D eigenvalue weighted by atomic mass is 10.2. The number of carbonyl (C=O) groups is 2. The Labute approximate surface area is 122 Å². The number of nitrogens with one attached hydrogen (secondary N) is 1. The summed E-state index contributed by atoms with van der Waals surface area (Å²) in [7, 11) is 0. The zero-order chi connectivity index (χ0) is 15.4. The molecule has 0 saturated carbocycles. The van der Waals surface area contributed by atoms with Crippen LogP contribution < -0.4 is 5.32 Å². The summed E-state index contributed by atoms with van der Waals surface area (Å²) >= 11 is 0. The van der Waals surface area contributed by atoms with Crippen molar-refractivity contribution in [2.45, 2.75) is 26.9 Å². The number of amides is 1. The Hall–Kier alpha value is -2.56. The first-order valence-corrected chi connectivity index (χ1v) is 6.61. The van der Waals surface area contributed by atoms with Gasteiger partial charge in [-0.05, 0) is 39.0 Å². The van der Waals surface area contributed by atoms with Crippen LogP contribution in [0.2, 0.25) is 0 Å². The van der Waals surface area contributed by atoms with Crippen LogP contribution in [-0.4, -0.2) is 18.0 Å². The topological polar surface area (TPSA) is 68.5 Å². The summed E-state index contributed by atoms with van der Waals surface area (Å²) in [5.74, 6) is 0.154. The zero-order valence-corrected chi connectivity index (χ0v) is 12.2. The van der Waals surface area contributed by atoms with Gasteiger partial charge in [-0.2, -0.15) is 0 Å². The van der Waals surface area contributed by atoms with Crippen LogP contribution in [0.25, 0.3) is 0 Å². The molecule has 1 amide bonds. The normalized spacial score (nSPS) is 11.8. The number of hydrogen-bond acceptors (Lipinski definition) is 4. The summed E-state index contributed by atoms with van der Waals surface area (Å²) < 4.78 is 10.4. The molecule has 0 aliphatic rings. The van der Waals surface area contributed by atoms with Crippen molar-refractivity contribution in [2.75, 3.05) is 5.32 Å². The maximum Gasteiger partial charge on any atom is 0.342 e. The number of aryl methyl sites for hydroxylation is 2. The Morgan fingerprint density at radius 2 is 1.86 bits per heavy atom. The second-order valence-corrected chi connectivity index (χ2v) is 4.73. The molecule has 0 saturated heterocycles. The minimum absolute atomic E-state index is 0.340. The minimum atomic E-state index is -0.896. The van der Waals surface area contributed by atoms with Crippen molar-refractivity contribution in [3.63, 3.8) is 0 Å². The SMILES string of the molecule is Cc1cc(C(=O)OC(C)C(=O)Nc2ccccc2)c(C)o1. The van der Waals surface area contributed by atoms with E-state index in [1.165, 1.54) is 6.92 Å². The van der Waals surface area contributed by atoms with Gasteiger partial charge in [0.2, 0.25) is 0 Å². The molecule has 2 rings (SSSR count). The first kappa shape index (κ1) is 14.8. The van der Waals surface area contributed by atoms with Gasteiger partial charge >= 0.3 is 5.97 Å². The van der Waals surface area contributed by atoms with Crippen LogP contribution in [0.5, 0.6) is 0 Å². The Balaban J connectivity index is 1.97. The fourth-order valence-corrected chi connectivity index (χ4v) is 1.88. The standard InChI is InChI=1S/C16H17NO4/c1-10-9-14(11(2)20-10)16(19)21-12(3)15(18)17-13-7-5-4-6-8-13/h4-9,12H,1-3H3,(H,17,18). The van der Waals surface area contributed by atoms with Crippen LogP contribution in [0.3, 0.4) is 0 Å². The summed E-state index contributed by atoms with van der Waals surface area (Å²) in [4.78, 5) is 23.9. The van der Waals surface area contributed by atoms with E-state index >= 15 is 0 Å². The molecular weight excluding hydrogens is 270 g/mol. The molecule has 1 heterocycles. The molecule has 0 fully saturated rings. The van der Waals surface area contributed by atoms with Gasteiger partial charge in [0.1, 0.15) is 17.1 Å². The third-order valence-corrected chi connectivity index (χ3v) is 2.96. The van der Waals surface area contributed by atoms with Gasteiger partial charge in [-0.3, -0.25) is 4.79 Å². The van der Waals surface area contributed by atoms with Gasteiger partial charge in [-0.25, -0.2) is 4.79 Å². The lowest BCUT2D eigenvalue weighted by molar-refractivity contribution is -0.123. The van der Waals surface area contributed by atoms with Gasteiger partial charge in [0.05, 0.1) is 0 Å². The average Bonchev–Trinajstić information content (AvgIpc) is 2.78. The molecule has 1 aromatic heterocycles. The lowest BCUT2D eigenvalue weighted by Gasteiger charge is -2.13. The van der Waals surface area contributed by atoms with E-state index in [9.17, 15) is 9.59 Å². The van der Waals surface area contributed by atoms with Gasteiger partial charge in [0.25, 0.3) is 5.91 Å². The molecule has 1 atom stereocenters. The van der Waals surface area contributed by atoms with E-state index in [1.807, 2.05) is 18.2 Å². The fraction of sp³-hybridized carbons (Fsp3) is 0.250. The molecule has 5 heteroatoms. The number of hydrogen-bond donors (Lipinski definition) is 1. The smallest absolute Gasteiger partial charge is 0.342 e. The third kappa shape index (κ3) is 3.72. The number of rotatable bonds is 4. The summed E-state index contributed by atoms with van der Waals surface area (Å²) in [6.45, 7) is 4.95. The van der Waals surface area contributed by atoms with Gasteiger partial charge < -0.3 is 14.5 Å². The number of furan rings is 1. The van der Waals surface area contributed by atoms with Crippen LogP contribution in [0.1, 0.15) is 28.8 Å². The molecule has 0 aliphatic carbocycles. The highest BCUT2D eigenvalue weighted by molar-refractivity contribution is 5.97. The van der Waals surface area contributed by atoms with E-state index in [1.54, 1.807) is 32.0 Å². The van der Waals surface area contributed by atoms with E-state index < -0.39 is 12.1 Å². The number of para-hydroxylation sites is 1. The van der Waals surface area contributed by atoms with Crippen molar-refractivity contribution >= 4 is 17.6 Å². The molecule has 2 aromatic rings. The summed E-state index contributed by atoms with van der Waals surface area (Å²) in [6, 6.07) is 10.6. The van der Waals surface area contributed by atoms with Crippen molar-refractivity contribution < 1.29 is 18.7 Å². The molecule has 0 bridgehead atoms. The quantitative estimate of drug-likeness (QED) is 0.877. The monoisotopic (exact) mass is 287 g/mol. The minimum Gasteiger partial charge on any atom is -0.466 e. The Bertz CT molecular complexity index is 646. The van der Waals surface area contributed by atoms with E-state index in [0.717, 1.165) is 0 Å². The van der Waals surface area contributed by atoms with Crippen molar-refractivity contribution in [3.8, 4) is 0 Å². The fourth-order valence-electron chi connectivity index (χ4n) is 1.88. The van der Waals surface area contributed by atoms with E-state index in [2.05, 4.69) is 5.32 Å². The van der Waals surface area contributed by atoms with E-state index in [0.29, 0.717) is 22.8 Å². The Morgan fingerprint density at radius 1 is 1.19 bits per heavy atom. The molecule has 1 aromatic carbocycles. The number of benzene rings is 1. The van der Waals surface area contributed by atoms with Crippen molar-refractivity contribution in [3.05, 3.63) is 53.5 Å². The highest BCUT2D eigenvalue weighted by Crippen LogP contribution is 2.16. The highest BCUT2D eigenvalue weighted by atomic mass is 16.5. The van der Waals surface area contributed by atoms with Crippen LogP contribution in [0, 0.1) is 13.8 Å². The first-order valence-electron chi connectivity index (χ1n) is 6.61. The third-order valence-electron chi connectivity index (χ3n) is 2.96. The molecule has 21 heavy (non-hydrogen) atoms. The van der Waals surface area contributed by atoms with Gasteiger partial charge in [0, 0.05) is 5.69 Å². The van der Waals surface area contributed by atoms with E-state index in [-0.39, 0.29) is 5.91 Å². The highest BCUT2D eigenvalue weighted by Gasteiger charge is 2.21. The summed E-state index contributed by atoms with van der Waals surface area (Å²) in [5.41, 5.74) is 0.993. The maximum atomic E-state index is 12.0. The molecule has 1 N–H and O–H groups in total. The van der Waals surface area contributed by atoms with Crippen LogP contribution in [0.4, 0.5) is 5.69 Å². The zero-order valence-electron chi connectivity index (χ0n) is 12.2. The van der Waals surface area contributed by atoms with E-state index in [4.69, 9.17) is 9.15 Å². The Morgan fingerprint density at radius 3 is 2.43 bits per heavy atom. The lowest BCUT2D eigenvalue weighted by Crippen LogP contribution is -2.30. The first-order chi connectivity index (χ1) is 9.97. The van der Waals surface area contributed by atoms with Gasteiger partial charge in [-0.1, -0.05) is 18.2 Å². The largest absolute Gasteiger partial charge is 0.466 e. The molecular formula is C16H17NO4. The van der Waals surface area contributed by atoms with Crippen LogP contribution >= 0.6 is 0 Å².